The Balaban J connectivity index is 1.80. The molecule has 15 heteroatoms. The third kappa shape index (κ3) is 6.44. The van der Waals surface area contributed by atoms with E-state index in [4.69, 9.17) is 29.2 Å². The molecule has 0 amide bonds. The van der Waals surface area contributed by atoms with Gasteiger partial charge in [0.15, 0.2) is 17.7 Å². The van der Waals surface area contributed by atoms with Gasteiger partial charge >= 0.3 is 8.25 Å². The maximum absolute atomic E-state index is 11.5. The standard InChI is InChI=1S/C18H31N6O8P/c1-28-6-3-23(4-7-29-2)5-8-30-15-14(32-33(26)27)12(9-25)31-18(15)24-11-22-13-16(19)20-10-21-17(13)24/h10-12,14-15,18,25,33H,3-9H2,1-2H3,(H,26,27)(H2,19,20,21)/t12-,14?,15+,18-/m1/s1. The molecular weight excluding hydrogens is 459 g/mol. The molecule has 1 saturated heterocycles. The summed E-state index contributed by atoms with van der Waals surface area (Å²) in [5.74, 6) is 0.202. The number of aromatic nitrogens is 4. The van der Waals surface area contributed by atoms with Crippen LogP contribution < -0.4 is 5.73 Å². The van der Waals surface area contributed by atoms with Gasteiger partial charge in [-0.15, -0.1) is 0 Å². The summed E-state index contributed by atoms with van der Waals surface area (Å²) < 4.78 is 40.7. The van der Waals surface area contributed by atoms with Crippen molar-refractivity contribution in [2.24, 2.45) is 0 Å². The maximum Gasteiger partial charge on any atom is 0.317 e. The van der Waals surface area contributed by atoms with Crippen LogP contribution in [0.4, 0.5) is 5.82 Å². The van der Waals surface area contributed by atoms with Gasteiger partial charge in [-0.05, 0) is 0 Å². The number of nitrogen functional groups attached to an aromatic ring is 1. The van der Waals surface area contributed by atoms with E-state index < -0.39 is 39.4 Å². The van der Waals surface area contributed by atoms with Crippen LogP contribution in [0.5, 0.6) is 0 Å². The number of imidazole rings is 1. The molecule has 0 bridgehead atoms. The summed E-state index contributed by atoms with van der Waals surface area (Å²) in [7, 11) is -0.0712. The van der Waals surface area contributed by atoms with Crippen molar-refractivity contribution in [2.45, 2.75) is 24.5 Å². The molecule has 33 heavy (non-hydrogen) atoms. The molecule has 0 saturated carbocycles. The highest BCUT2D eigenvalue weighted by molar-refractivity contribution is 7.32. The summed E-state index contributed by atoms with van der Waals surface area (Å²) in [4.78, 5) is 23.9. The first-order valence-electron chi connectivity index (χ1n) is 10.4. The minimum atomic E-state index is -3.33. The number of ether oxygens (including phenoxy) is 4. The molecular formula is C18H31N6O8P. The van der Waals surface area contributed by atoms with Crippen molar-refractivity contribution in [2.75, 3.05) is 66.0 Å². The predicted molar refractivity (Wildman–Crippen MR) is 117 cm³/mol. The Kier molecular flexibility index (Phi) is 9.92. The van der Waals surface area contributed by atoms with Gasteiger partial charge < -0.3 is 39.2 Å². The van der Waals surface area contributed by atoms with Crippen molar-refractivity contribution < 1.29 is 38.0 Å². The SMILES string of the molecule is COCCN(CCOC)CCO[C@H]1C(O[PH](=O)O)[C@@H](CO)O[C@H]1n1cnc2c(N)ncnc21. The van der Waals surface area contributed by atoms with Gasteiger partial charge in [0, 0.05) is 33.9 Å². The normalized spacial score (nSPS) is 24.2. The fourth-order valence-electron chi connectivity index (χ4n) is 3.67. The number of rotatable bonds is 14. The Hall–Kier alpha value is -1.74. The van der Waals surface area contributed by atoms with Crippen LogP contribution >= 0.6 is 8.25 Å². The molecule has 2 unspecified atom stereocenters. The van der Waals surface area contributed by atoms with Crippen LogP contribution in [-0.2, 0) is 28.0 Å². The molecule has 3 heterocycles. The molecule has 4 N–H and O–H groups in total. The van der Waals surface area contributed by atoms with Gasteiger partial charge in [-0.1, -0.05) is 0 Å². The monoisotopic (exact) mass is 490 g/mol. The highest BCUT2D eigenvalue weighted by Crippen LogP contribution is 2.38. The smallest absolute Gasteiger partial charge is 0.317 e. The van der Waals surface area contributed by atoms with Crippen LogP contribution in [-0.4, -0.2) is 113 Å². The molecule has 14 nitrogen and oxygen atoms in total. The topological polar surface area (TPSA) is 177 Å². The summed E-state index contributed by atoms with van der Waals surface area (Å²) in [6.45, 7) is 2.82. The molecule has 3 rings (SSSR count). The van der Waals surface area contributed by atoms with Gasteiger partial charge in [-0.25, -0.2) is 15.0 Å². The fourth-order valence-corrected chi connectivity index (χ4v) is 4.18. The first kappa shape index (κ1) is 25.9. The van der Waals surface area contributed by atoms with Gasteiger partial charge in [0.2, 0.25) is 0 Å². The van der Waals surface area contributed by atoms with Crippen molar-refractivity contribution in [3.8, 4) is 0 Å². The van der Waals surface area contributed by atoms with Crippen molar-refractivity contribution in [3.05, 3.63) is 12.7 Å². The van der Waals surface area contributed by atoms with Gasteiger partial charge in [0.1, 0.15) is 30.2 Å². The molecule has 0 aromatic carbocycles. The van der Waals surface area contributed by atoms with Gasteiger partial charge in [-0.2, -0.15) is 0 Å². The van der Waals surface area contributed by atoms with Gasteiger partial charge in [0.05, 0.1) is 32.8 Å². The van der Waals surface area contributed by atoms with E-state index in [0.717, 1.165) is 0 Å². The minimum Gasteiger partial charge on any atom is -0.394 e. The zero-order valence-corrected chi connectivity index (χ0v) is 19.6. The Labute approximate surface area is 191 Å². The maximum atomic E-state index is 11.5. The predicted octanol–water partition coefficient (Wildman–Crippen LogP) is -0.955. The summed E-state index contributed by atoms with van der Waals surface area (Å²) in [6, 6.07) is 0. The molecule has 2 aromatic heterocycles. The van der Waals surface area contributed by atoms with E-state index in [1.54, 1.807) is 18.8 Å². The number of methoxy groups -OCH3 is 2. The molecule has 1 aliphatic rings. The van der Waals surface area contributed by atoms with E-state index in [0.29, 0.717) is 44.0 Å². The van der Waals surface area contributed by atoms with Gasteiger partial charge in [0.25, 0.3) is 0 Å². The largest absolute Gasteiger partial charge is 0.394 e. The Bertz CT molecular complexity index is 896. The average Bonchev–Trinajstić information content (AvgIpc) is 3.37. The van der Waals surface area contributed by atoms with Crippen LogP contribution in [0.25, 0.3) is 11.2 Å². The number of fused-ring (bicyclic) bond motifs is 1. The number of aliphatic hydroxyl groups is 1. The molecule has 1 fully saturated rings. The molecule has 5 atom stereocenters. The highest BCUT2D eigenvalue weighted by atomic mass is 31.1. The lowest BCUT2D eigenvalue weighted by Crippen LogP contribution is -2.39. The lowest BCUT2D eigenvalue weighted by atomic mass is 10.1. The van der Waals surface area contributed by atoms with Crippen LogP contribution in [0, 0.1) is 0 Å². The number of hydrogen-bond acceptors (Lipinski definition) is 12. The lowest BCUT2D eigenvalue weighted by molar-refractivity contribution is -0.0735. The van der Waals surface area contributed by atoms with Crippen LogP contribution in [0.3, 0.4) is 0 Å². The second-order valence-corrected chi connectivity index (χ2v) is 8.11. The lowest BCUT2D eigenvalue weighted by Gasteiger charge is -2.26. The Morgan fingerprint density at radius 2 is 1.85 bits per heavy atom. The van der Waals surface area contributed by atoms with E-state index >= 15 is 0 Å². The number of nitrogens with zero attached hydrogens (tertiary/aromatic N) is 5. The second kappa shape index (κ2) is 12.6. The second-order valence-electron chi connectivity index (χ2n) is 7.34. The van der Waals surface area contributed by atoms with E-state index in [-0.39, 0.29) is 12.4 Å². The van der Waals surface area contributed by atoms with E-state index in [1.165, 1.54) is 12.7 Å². The van der Waals surface area contributed by atoms with Crippen molar-refractivity contribution in [1.29, 1.82) is 0 Å². The van der Waals surface area contributed by atoms with Crippen LogP contribution in [0.15, 0.2) is 12.7 Å². The van der Waals surface area contributed by atoms with Gasteiger partial charge in [-0.3, -0.25) is 14.0 Å². The molecule has 0 radical (unpaired) electrons. The first-order chi connectivity index (χ1) is 16.0. The number of nitrogens with two attached hydrogens (primary N) is 1. The zero-order chi connectivity index (χ0) is 23.8. The molecule has 1 aliphatic heterocycles. The Morgan fingerprint density at radius 3 is 2.48 bits per heavy atom. The highest BCUT2D eigenvalue weighted by Gasteiger charge is 2.48. The zero-order valence-electron chi connectivity index (χ0n) is 18.6. The summed E-state index contributed by atoms with van der Waals surface area (Å²) >= 11 is 0. The Morgan fingerprint density at radius 1 is 1.15 bits per heavy atom. The summed E-state index contributed by atoms with van der Waals surface area (Å²) in [6.07, 6.45) is -0.773. The van der Waals surface area contributed by atoms with E-state index in [9.17, 15) is 14.6 Å². The summed E-state index contributed by atoms with van der Waals surface area (Å²) in [5, 5.41) is 9.81. The third-order valence-electron chi connectivity index (χ3n) is 5.30. The van der Waals surface area contributed by atoms with Crippen LogP contribution in [0.1, 0.15) is 6.23 Å². The molecule has 0 spiro atoms. The van der Waals surface area contributed by atoms with E-state index in [2.05, 4.69) is 19.9 Å². The number of aliphatic hydroxyl groups excluding tert-OH is 1. The molecule has 0 aliphatic carbocycles. The van der Waals surface area contributed by atoms with Crippen molar-refractivity contribution in [1.82, 2.24) is 24.4 Å². The number of anilines is 1. The minimum absolute atomic E-state index is 0.202. The molecule has 186 valence electrons. The summed E-state index contributed by atoms with van der Waals surface area (Å²) in [5.41, 5.74) is 6.66. The number of hydrogen-bond donors (Lipinski definition) is 3. The van der Waals surface area contributed by atoms with Crippen molar-refractivity contribution in [3.63, 3.8) is 0 Å². The van der Waals surface area contributed by atoms with E-state index in [1.807, 2.05) is 0 Å². The fraction of sp³-hybridized carbons (Fsp3) is 0.722. The van der Waals surface area contributed by atoms with Crippen LogP contribution in [0.2, 0.25) is 0 Å². The first-order valence-corrected chi connectivity index (χ1v) is 11.7. The quantitative estimate of drug-likeness (QED) is 0.276. The third-order valence-corrected chi connectivity index (χ3v) is 5.78. The van der Waals surface area contributed by atoms with Crippen molar-refractivity contribution >= 4 is 25.2 Å². The average molecular weight is 490 g/mol. The molecule has 2 aromatic rings.